The number of anilines is 2. The average molecular weight is 633 g/mol. The van der Waals surface area contributed by atoms with Crippen LogP contribution in [0, 0.1) is 11.3 Å². The van der Waals surface area contributed by atoms with Gasteiger partial charge in [0, 0.05) is 28.9 Å². The predicted octanol–water partition coefficient (Wildman–Crippen LogP) is 5.16. The molecule has 1 atom stereocenters. The van der Waals surface area contributed by atoms with Crippen molar-refractivity contribution in [2.24, 2.45) is 5.73 Å². The summed E-state index contributed by atoms with van der Waals surface area (Å²) in [5, 5.41) is 22.3. The first-order valence-electron chi connectivity index (χ1n) is 13.9. The number of benzene rings is 2. The van der Waals surface area contributed by atoms with Crippen LogP contribution in [-0.2, 0) is 16.0 Å². The molecule has 2 aromatic carbocycles. The van der Waals surface area contributed by atoms with Crippen LogP contribution in [0.3, 0.4) is 0 Å². The Labute approximate surface area is 263 Å². The average Bonchev–Trinajstić information content (AvgIpc) is 3.51. The second-order valence-corrected chi connectivity index (χ2v) is 12.2. The maximum Gasteiger partial charge on any atom is 0.234 e. The lowest BCUT2D eigenvalue weighted by Crippen LogP contribution is -2.38. The number of rotatable bonds is 10. The van der Waals surface area contributed by atoms with Crippen molar-refractivity contribution in [2.45, 2.75) is 42.9 Å². The van der Waals surface area contributed by atoms with Crippen molar-refractivity contribution < 1.29 is 23.8 Å². The molecule has 13 heteroatoms. The van der Waals surface area contributed by atoms with E-state index in [1.165, 1.54) is 50.0 Å². The van der Waals surface area contributed by atoms with Crippen molar-refractivity contribution in [3.05, 3.63) is 70.2 Å². The summed E-state index contributed by atoms with van der Waals surface area (Å²) in [4.78, 5) is 27.8. The van der Waals surface area contributed by atoms with Gasteiger partial charge in [-0.1, -0.05) is 48.2 Å². The van der Waals surface area contributed by atoms with Crippen molar-refractivity contribution in [3.63, 3.8) is 0 Å². The lowest BCUT2D eigenvalue weighted by Gasteiger charge is -2.38. The topological polar surface area (TPSA) is 153 Å². The number of nitrogens with zero attached hydrogens (tertiary/aromatic N) is 4. The molecule has 0 radical (unpaired) electrons. The van der Waals surface area contributed by atoms with Crippen LogP contribution >= 0.6 is 23.1 Å². The molecule has 0 spiro atoms. The molecule has 228 valence electrons. The minimum absolute atomic E-state index is 0.0823. The Morgan fingerprint density at radius 2 is 1.86 bits per heavy atom. The van der Waals surface area contributed by atoms with Gasteiger partial charge < -0.3 is 25.3 Å². The van der Waals surface area contributed by atoms with E-state index in [0.717, 1.165) is 12.1 Å². The SMILES string of the molecule is CCc1ccc(NC(=O)CSc2nnc(N3C(N)=C(C#N)C(c4ccc(OC)c(OC)c4OC)C4=C3CCCC4=O)s2)cc1. The fourth-order valence-corrected chi connectivity index (χ4v) is 7.15. The number of allylic oxidation sites excluding steroid dienone is 3. The molecule has 3 aromatic rings. The molecule has 0 bridgehead atoms. The maximum absolute atomic E-state index is 13.6. The summed E-state index contributed by atoms with van der Waals surface area (Å²) in [7, 11) is 4.51. The minimum Gasteiger partial charge on any atom is -0.493 e. The van der Waals surface area contributed by atoms with Gasteiger partial charge in [-0.25, -0.2) is 0 Å². The highest BCUT2D eigenvalue weighted by Gasteiger charge is 2.43. The number of nitrogens with two attached hydrogens (primary N) is 1. The van der Waals surface area contributed by atoms with Gasteiger partial charge in [-0.3, -0.25) is 14.5 Å². The van der Waals surface area contributed by atoms with Crippen LogP contribution in [0.25, 0.3) is 0 Å². The Balaban J connectivity index is 1.46. The maximum atomic E-state index is 13.6. The smallest absolute Gasteiger partial charge is 0.234 e. The highest BCUT2D eigenvalue weighted by Crippen LogP contribution is 2.52. The summed E-state index contributed by atoms with van der Waals surface area (Å²) in [6.45, 7) is 2.08. The monoisotopic (exact) mass is 632 g/mol. The van der Waals surface area contributed by atoms with Crippen molar-refractivity contribution in [2.75, 3.05) is 37.3 Å². The Morgan fingerprint density at radius 1 is 1.11 bits per heavy atom. The molecule has 44 heavy (non-hydrogen) atoms. The molecule has 5 rings (SSSR count). The third-order valence-electron chi connectivity index (χ3n) is 7.52. The molecule has 1 amide bonds. The van der Waals surface area contributed by atoms with Gasteiger partial charge in [-0.15, -0.1) is 10.2 Å². The van der Waals surface area contributed by atoms with Crippen LogP contribution in [-0.4, -0.2) is 49.0 Å². The normalized spacial score (nSPS) is 16.4. The van der Waals surface area contributed by atoms with E-state index in [2.05, 4.69) is 28.5 Å². The molecule has 2 aliphatic rings. The Hall–Kier alpha value is -4.54. The zero-order valence-electron chi connectivity index (χ0n) is 24.8. The standard InChI is InChI=1S/C31H32N6O5S2/c1-5-17-9-11-18(12-10-17)34-24(39)16-43-31-36-35-30(44-31)37-21-7-6-8-22(38)26(21)25(20(15-32)29(37)33)19-13-14-23(40-2)28(42-4)27(19)41-3/h9-14,25H,5-8,16,33H2,1-4H3,(H,34,39). The fraction of sp³-hybridized carbons (Fsp3) is 0.323. The molecule has 1 aliphatic heterocycles. The number of hydrogen-bond donors (Lipinski definition) is 2. The summed E-state index contributed by atoms with van der Waals surface area (Å²) in [6.07, 6.45) is 2.44. The number of carbonyl (C=O) groups excluding carboxylic acids is 2. The molecular weight excluding hydrogens is 601 g/mol. The van der Waals surface area contributed by atoms with Crippen LogP contribution in [0.5, 0.6) is 17.2 Å². The summed E-state index contributed by atoms with van der Waals surface area (Å²) in [6, 6.07) is 13.5. The molecular formula is C31H32N6O5S2. The number of aryl methyl sites for hydroxylation is 1. The van der Waals surface area contributed by atoms with E-state index in [0.29, 0.717) is 62.8 Å². The number of carbonyl (C=O) groups is 2. The van der Waals surface area contributed by atoms with Crippen molar-refractivity contribution >= 4 is 45.6 Å². The van der Waals surface area contributed by atoms with E-state index in [9.17, 15) is 14.9 Å². The number of nitrogens with one attached hydrogen (secondary N) is 1. The van der Waals surface area contributed by atoms with Crippen LogP contribution < -0.4 is 30.2 Å². The lowest BCUT2D eigenvalue weighted by molar-refractivity contribution is -0.116. The second kappa shape index (κ2) is 13.4. The minimum atomic E-state index is -0.773. The largest absolute Gasteiger partial charge is 0.493 e. The number of thioether (sulfide) groups is 1. The number of ketones is 1. The first-order chi connectivity index (χ1) is 21.3. The van der Waals surface area contributed by atoms with Crippen molar-refractivity contribution in [1.29, 1.82) is 5.26 Å². The molecule has 2 heterocycles. The molecule has 1 aliphatic carbocycles. The third-order valence-corrected chi connectivity index (χ3v) is 9.56. The zero-order valence-corrected chi connectivity index (χ0v) is 26.4. The van der Waals surface area contributed by atoms with E-state index >= 15 is 0 Å². The fourth-order valence-electron chi connectivity index (χ4n) is 5.47. The lowest BCUT2D eigenvalue weighted by atomic mass is 9.75. The molecule has 3 N–H and O–H groups in total. The summed E-state index contributed by atoms with van der Waals surface area (Å²) < 4.78 is 17.3. The van der Waals surface area contributed by atoms with Crippen molar-refractivity contribution in [3.8, 4) is 23.3 Å². The van der Waals surface area contributed by atoms with E-state index in [4.69, 9.17) is 19.9 Å². The summed E-state index contributed by atoms with van der Waals surface area (Å²) >= 11 is 2.48. The van der Waals surface area contributed by atoms with E-state index < -0.39 is 5.92 Å². The number of aromatic nitrogens is 2. The van der Waals surface area contributed by atoms with Crippen molar-refractivity contribution in [1.82, 2.24) is 10.2 Å². The number of hydrogen-bond acceptors (Lipinski definition) is 12. The number of Topliss-reactive ketones (excluding diaryl/α,β-unsaturated/α-hetero) is 1. The van der Waals surface area contributed by atoms with E-state index in [1.807, 2.05) is 24.3 Å². The Kier molecular flexibility index (Phi) is 9.41. The van der Waals surface area contributed by atoms with Gasteiger partial charge >= 0.3 is 0 Å². The number of nitriles is 1. The molecule has 0 fully saturated rings. The molecule has 1 unspecified atom stereocenters. The van der Waals surface area contributed by atoms with E-state index in [1.54, 1.807) is 17.0 Å². The Morgan fingerprint density at radius 3 is 2.52 bits per heavy atom. The first kappa shape index (κ1) is 30.9. The summed E-state index contributed by atoms with van der Waals surface area (Å²) in [5.74, 6) is 0.415. The summed E-state index contributed by atoms with van der Waals surface area (Å²) in [5.41, 5.74) is 10.5. The Bertz CT molecular complexity index is 1690. The van der Waals surface area contributed by atoms with Gasteiger partial charge in [-0.05, 0) is 43.0 Å². The van der Waals surface area contributed by atoms with E-state index in [-0.39, 0.29) is 28.8 Å². The van der Waals surface area contributed by atoms with Crippen LogP contribution in [0.1, 0.15) is 43.2 Å². The van der Waals surface area contributed by atoms with Gasteiger partial charge in [0.1, 0.15) is 5.82 Å². The van der Waals surface area contributed by atoms with Gasteiger partial charge in [-0.2, -0.15) is 5.26 Å². The number of methoxy groups -OCH3 is 3. The predicted molar refractivity (Wildman–Crippen MR) is 169 cm³/mol. The zero-order chi connectivity index (χ0) is 31.4. The van der Waals surface area contributed by atoms with Gasteiger partial charge in [0.2, 0.25) is 16.8 Å². The van der Waals surface area contributed by atoms with Gasteiger partial charge in [0.15, 0.2) is 21.6 Å². The molecule has 11 nitrogen and oxygen atoms in total. The first-order valence-corrected chi connectivity index (χ1v) is 15.7. The number of amides is 1. The van der Waals surface area contributed by atoms with Crippen LogP contribution in [0.2, 0.25) is 0 Å². The van der Waals surface area contributed by atoms with Gasteiger partial charge in [0.05, 0.1) is 44.6 Å². The molecule has 1 aromatic heterocycles. The molecule has 0 saturated carbocycles. The third kappa shape index (κ3) is 5.82. The highest BCUT2D eigenvalue weighted by molar-refractivity contribution is 8.01. The second-order valence-electron chi connectivity index (χ2n) is 9.98. The van der Waals surface area contributed by atoms with Gasteiger partial charge in [0.25, 0.3) is 0 Å². The number of ether oxygens (including phenoxy) is 3. The highest BCUT2D eigenvalue weighted by atomic mass is 32.2. The molecule has 0 saturated heterocycles. The van der Waals surface area contributed by atoms with Crippen LogP contribution in [0.4, 0.5) is 10.8 Å². The van der Waals surface area contributed by atoms with Crippen LogP contribution in [0.15, 0.2) is 63.4 Å². The quantitative estimate of drug-likeness (QED) is 0.285.